The van der Waals surface area contributed by atoms with Crippen LogP contribution in [0.15, 0.2) is 29.3 Å². The molecule has 5 nitrogen and oxygen atoms in total. The molecule has 0 heterocycles. The minimum absolute atomic E-state index is 0. The van der Waals surface area contributed by atoms with E-state index in [1.165, 1.54) is 0 Å². The Morgan fingerprint density at radius 3 is 2.09 bits per heavy atom. The van der Waals surface area contributed by atoms with E-state index in [9.17, 15) is 4.79 Å². The molecule has 0 bridgehead atoms. The summed E-state index contributed by atoms with van der Waals surface area (Å²) in [6.45, 7) is 10.1. The summed E-state index contributed by atoms with van der Waals surface area (Å²) in [6, 6.07) is 7.78. The lowest BCUT2D eigenvalue weighted by atomic mass is 10.2. The SMILES string of the molecule is CCNC(=NCc1ccc(NC(=O)C(C)C)cc1)NCC.I. The molecule has 1 aromatic rings. The lowest BCUT2D eigenvalue weighted by Gasteiger charge is -2.10. The Balaban J connectivity index is 0.00000441. The van der Waals surface area contributed by atoms with Crippen molar-refractivity contribution >= 4 is 41.5 Å². The minimum Gasteiger partial charge on any atom is -0.357 e. The van der Waals surface area contributed by atoms with Gasteiger partial charge in [0.05, 0.1) is 6.54 Å². The lowest BCUT2D eigenvalue weighted by Crippen LogP contribution is -2.36. The summed E-state index contributed by atoms with van der Waals surface area (Å²) < 4.78 is 0. The number of aliphatic imine (C=N–C) groups is 1. The van der Waals surface area contributed by atoms with Crippen molar-refractivity contribution < 1.29 is 4.79 Å². The van der Waals surface area contributed by atoms with Crippen LogP contribution in [0.25, 0.3) is 0 Å². The van der Waals surface area contributed by atoms with Crippen molar-refractivity contribution in [3.05, 3.63) is 29.8 Å². The van der Waals surface area contributed by atoms with Gasteiger partial charge in [0.1, 0.15) is 0 Å². The number of rotatable bonds is 6. The van der Waals surface area contributed by atoms with E-state index < -0.39 is 0 Å². The minimum atomic E-state index is -0.0166. The van der Waals surface area contributed by atoms with Gasteiger partial charge in [0.2, 0.25) is 5.91 Å². The molecular formula is C16H27IN4O. The zero-order valence-corrected chi connectivity index (χ0v) is 16.1. The Labute approximate surface area is 150 Å². The van der Waals surface area contributed by atoms with Gasteiger partial charge in [-0.25, -0.2) is 4.99 Å². The van der Waals surface area contributed by atoms with Gasteiger partial charge in [-0.2, -0.15) is 0 Å². The highest BCUT2D eigenvalue weighted by atomic mass is 127. The second-order valence-corrected chi connectivity index (χ2v) is 5.07. The molecule has 0 aliphatic rings. The normalized spacial score (nSPS) is 9.68. The first-order valence-corrected chi connectivity index (χ1v) is 7.48. The first-order valence-electron chi connectivity index (χ1n) is 7.48. The number of carbonyl (C=O) groups excluding carboxylic acids is 1. The van der Waals surface area contributed by atoms with Gasteiger partial charge in [0, 0.05) is 24.7 Å². The number of nitrogens with zero attached hydrogens (tertiary/aromatic N) is 1. The fourth-order valence-electron chi connectivity index (χ4n) is 1.66. The number of hydrogen-bond acceptors (Lipinski definition) is 2. The Kier molecular flexibility index (Phi) is 10.6. The van der Waals surface area contributed by atoms with Crippen LogP contribution in [0.5, 0.6) is 0 Å². The average Bonchev–Trinajstić information content (AvgIpc) is 2.46. The summed E-state index contributed by atoms with van der Waals surface area (Å²) in [5, 5.41) is 9.25. The molecule has 6 heteroatoms. The number of hydrogen-bond donors (Lipinski definition) is 3. The molecule has 0 aliphatic carbocycles. The second kappa shape index (κ2) is 11.3. The summed E-state index contributed by atoms with van der Waals surface area (Å²) in [4.78, 5) is 16.1. The predicted molar refractivity (Wildman–Crippen MR) is 104 cm³/mol. The van der Waals surface area contributed by atoms with Crippen molar-refractivity contribution in [2.75, 3.05) is 18.4 Å². The third-order valence-electron chi connectivity index (χ3n) is 2.85. The number of guanidine groups is 1. The van der Waals surface area contributed by atoms with E-state index in [1.807, 2.05) is 52.0 Å². The maximum Gasteiger partial charge on any atom is 0.226 e. The molecule has 0 fully saturated rings. The van der Waals surface area contributed by atoms with Crippen LogP contribution in [0.3, 0.4) is 0 Å². The van der Waals surface area contributed by atoms with Gasteiger partial charge in [-0.15, -0.1) is 24.0 Å². The van der Waals surface area contributed by atoms with Crippen molar-refractivity contribution in [3.8, 4) is 0 Å². The predicted octanol–water partition coefficient (Wildman–Crippen LogP) is 2.97. The zero-order valence-electron chi connectivity index (χ0n) is 13.8. The number of benzene rings is 1. The molecule has 1 aromatic carbocycles. The largest absolute Gasteiger partial charge is 0.357 e. The molecule has 0 aliphatic heterocycles. The van der Waals surface area contributed by atoms with Crippen LogP contribution in [-0.2, 0) is 11.3 Å². The van der Waals surface area contributed by atoms with E-state index >= 15 is 0 Å². The van der Waals surface area contributed by atoms with Crippen LogP contribution in [-0.4, -0.2) is 25.0 Å². The number of amides is 1. The molecule has 22 heavy (non-hydrogen) atoms. The Hall–Kier alpha value is -1.31. The maximum atomic E-state index is 11.6. The fourth-order valence-corrected chi connectivity index (χ4v) is 1.66. The maximum absolute atomic E-state index is 11.6. The van der Waals surface area contributed by atoms with E-state index in [-0.39, 0.29) is 35.8 Å². The molecule has 0 unspecified atom stereocenters. The highest BCUT2D eigenvalue weighted by Gasteiger charge is 2.06. The van der Waals surface area contributed by atoms with Crippen LogP contribution in [0.4, 0.5) is 5.69 Å². The molecular weight excluding hydrogens is 391 g/mol. The summed E-state index contributed by atoms with van der Waals surface area (Å²) >= 11 is 0. The highest BCUT2D eigenvalue weighted by molar-refractivity contribution is 14.0. The van der Waals surface area contributed by atoms with Crippen LogP contribution < -0.4 is 16.0 Å². The average molecular weight is 418 g/mol. The molecule has 0 saturated heterocycles. The number of anilines is 1. The first kappa shape index (κ1) is 20.7. The van der Waals surface area contributed by atoms with Gasteiger partial charge in [-0.3, -0.25) is 4.79 Å². The monoisotopic (exact) mass is 418 g/mol. The van der Waals surface area contributed by atoms with Crippen molar-refractivity contribution in [2.45, 2.75) is 34.2 Å². The molecule has 0 spiro atoms. The number of halogens is 1. The van der Waals surface area contributed by atoms with E-state index in [1.54, 1.807) is 0 Å². The van der Waals surface area contributed by atoms with Gasteiger partial charge >= 0.3 is 0 Å². The molecule has 0 saturated carbocycles. The molecule has 124 valence electrons. The van der Waals surface area contributed by atoms with Crippen LogP contribution in [0, 0.1) is 5.92 Å². The molecule has 0 atom stereocenters. The van der Waals surface area contributed by atoms with E-state index in [0.29, 0.717) is 6.54 Å². The van der Waals surface area contributed by atoms with Crippen LogP contribution >= 0.6 is 24.0 Å². The molecule has 3 N–H and O–H groups in total. The third kappa shape index (κ3) is 7.63. The lowest BCUT2D eigenvalue weighted by molar-refractivity contribution is -0.118. The van der Waals surface area contributed by atoms with Crippen molar-refractivity contribution in [1.29, 1.82) is 0 Å². The van der Waals surface area contributed by atoms with Crippen LogP contribution in [0.1, 0.15) is 33.3 Å². The van der Waals surface area contributed by atoms with Gasteiger partial charge in [-0.05, 0) is 31.5 Å². The quantitative estimate of drug-likeness (QED) is 0.378. The van der Waals surface area contributed by atoms with Gasteiger partial charge in [0.15, 0.2) is 5.96 Å². The molecule has 0 radical (unpaired) electrons. The Morgan fingerprint density at radius 2 is 1.64 bits per heavy atom. The summed E-state index contributed by atoms with van der Waals surface area (Å²) in [5.41, 5.74) is 1.92. The van der Waals surface area contributed by atoms with Crippen molar-refractivity contribution in [3.63, 3.8) is 0 Å². The topological polar surface area (TPSA) is 65.5 Å². The number of carbonyl (C=O) groups is 1. The van der Waals surface area contributed by atoms with Crippen molar-refractivity contribution in [1.82, 2.24) is 10.6 Å². The van der Waals surface area contributed by atoms with Gasteiger partial charge in [0.25, 0.3) is 0 Å². The molecule has 1 amide bonds. The van der Waals surface area contributed by atoms with E-state index in [0.717, 1.165) is 30.3 Å². The zero-order chi connectivity index (χ0) is 15.7. The fraction of sp³-hybridized carbons (Fsp3) is 0.500. The summed E-state index contributed by atoms with van der Waals surface area (Å²) in [6.07, 6.45) is 0. The van der Waals surface area contributed by atoms with E-state index in [2.05, 4.69) is 20.9 Å². The van der Waals surface area contributed by atoms with Crippen LogP contribution in [0.2, 0.25) is 0 Å². The standard InChI is InChI=1S/C16H26N4O.HI/c1-5-17-16(18-6-2)19-11-13-7-9-14(10-8-13)20-15(21)12(3)4;/h7-10,12H,5-6,11H2,1-4H3,(H,20,21)(H2,17,18,19);1H. The Morgan fingerprint density at radius 1 is 1.09 bits per heavy atom. The number of nitrogens with one attached hydrogen (secondary N) is 3. The summed E-state index contributed by atoms with van der Waals surface area (Å²) in [5.74, 6) is 0.830. The Bertz CT molecular complexity index is 464. The first-order chi connectivity index (χ1) is 10.1. The third-order valence-corrected chi connectivity index (χ3v) is 2.85. The highest BCUT2D eigenvalue weighted by Crippen LogP contribution is 2.11. The second-order valence-electron chi connectivity index (χ2n) is 5.07. The molecule has 1 rings (SSSR count). The van der Waals surface area contributed by atoms with Crippen molar-refractivity contribution in [2.24, 2.45) is 10.9 Å². The van der Waals surface area contributed by atoms with E-state index in [4.69, 9.17) is 0 Å². The summed E-state index contributed by atoms with van der Waals surface area (Å²) in [7, 11) is 0. The van der Waals surface area contributed by atoms with Gasteiger partial charge in [-0.1, -0.05) is 26.0 Å². The molecule has 0 aromatic heterocycles. The smallest absolute Gasteiger partial charge is 0.226 e. The van der Waals surface area contributed by atoms with Gasteiger partial charge < -0.3 is 16.0 Å².